The van der Waals surface area contributed by atoms with Crippen molar-refractivity contribution in [3.63, 3.8) is 0 Å². The normalized spacial score (nSPS) is 13.9. The van der Waals surface area contributed by atoms with E-state index in [9.17, 15) is 0 Å². The van der Waals surface area contributed by atoms with Crippen molar-refractivity contribution in [1.82, 2.24) is 9.97 Å². The Morgan fingerprint density at radius 2 is 2.00 bits per heavy atom. The average Bonchev–Trinajstić information content (AvgIpc) is 3.38. The third-order valence-electron chi connectivity index (χ3n) is 3.62. The smallest absolute Gasteiger partial charge is 0.242 e. The molecule has 0 bridgehead atoms. The molecule has 116 valence electrons. The monoisotopic (exact) mass is 298 g/mol. The summed E-state index contributed by atoms with van der Waals surface area (Å²) >= 11 is 0. The Morgan fingerprint density at radius 1 is 1.23 bits per heavy atom. The van der Waals surface area contributed by atoms with Crippen LogP contribution in [0.3, 0.4) is 0 Å². The van der Waals surface area contributed by atoms with Gasteiger partial charge in [0.15, 0.2) is 5.82 Å². The number of benzene rings is 1. The molecule has 0 saturated heterocycles. The molecule has 1 aromatic carbocycles. The SMILES string of the molecule is CCCOc1nc(C2CC2)nc(NCc2ccccc2)c1N. The van der Waals surface area contributed by atoms with Gasteiger partial charge in [-0.2, -0.15) is 4.98 Å². The maximum atomic E-state index is 6.17. The number of rotatable bonds is 7. The van der Waals surface area contributed by atoms with Gasteiger partial charge in [-0.3, -0.25) is 0 Å². The number of anilines is 2. The van der Waals surface area contributed by atoms with Crippen LogP contribution in [-0.2, 0) is 6.54 Å². The van der Waals surface area contributed by atoms with Gasteiger partial charge in [-0.15, -0.1) is 0 Å². The van der Waals surface area contributed by atoms with E-state index in [0.717, 1.165) is 25.1 Å². The number of hydrogen-bond donors (Lipinski definition) is 2. The number of nitrogen functional groups attached to an aromatic ring is 1. The number of nitrogens with two attached hydrogens (primary N) is 1. The number of hydrogen-bond acceptors (Lipinski definition) is 5. The van der Waals surface area contributed by atoms with Crippen molar-refractivity contribution in [3.05, 3.63) is 41.7 Å². The first-order chi connectivity index (χ1) is 10.8. The fraction of sp³-hybridized carbons (Fsp3) is 0.412. The molecule has 22 heavy (non-hydrogen) atoms. The molecule has 5 nitrogen and oxygen atoms in total. The van der Waals surface area contributed by atoms with Gasteiger partial charge in [-0.05, 0) is 24.8 Å². The van der Waals surface area contributed by atoms with Crippen molar-refractivity contribution in [2.24, 2.45) is 0 Å². The molecule has 1 saturated carbocycles. The highest BCUT2D eigenvalue weighted by Gasteiger charge is 2.28. The first kappa shape index (κ1) is 14.6. The van der Waals surface area contributed by atoms with E-state index < -0.39 is 0 Å². The standard InChI is InChI=1S/C17H22N4O/c1-2-10-22-17-14(18)16(20-15(21-17)13-8-9-13)19-11-12-6-4-3-5-7-12/h3-7,13H,2,8-11,18H2,1H3,(H,19,20,21). The van der Waals surface area contributed by atoms with Gasteiger partial charge >= 0.3 is 0 Å². The predicted molar refractivity (Wildman–Crippen MR) is 88.0 cm³/mol. The van der Waals surface area contributed by atoms with E-state index in [1.165, 1.54) is 5.56 Å². The maximum absolute atomic E-state index is 6.17. The molecule has 1 aliphatic rings. The summed E-state index contributed by atoms with van der Waals surface area (Å²) in [6.07, 6.45) is 3.22. The highest BCUT2D eigenvalue weighted by Crippen LogP contribution is 2.40. The van der Waals surface area contributed by atoms with Gasteiger partial charge in [-0.25, -0.2) is 4.98 Å². The van der Waals surface area contributed by atoms with Gasteiger partial charge in [0, 0.05) is 12.5 Å². The van der Waals surface area contributed by atoms with Gasteiger partial charge in [0.25, 0.3) is 0 Å². The van der Waals surface area contributed by atoms with E-state index in [1.54, 1.807) is 0 Å². The molecule has 3 rings (SSSR count). The van der Waals surface area contributed by atoms with Crippen molar-refractivity contribution < 1.29 is 4.74 Å². The van der Waals surface area contributed by atoms with Crippen LogP contribution in [0, 0.1) is 0 Å². The fourth-order valence-electron chi connectivity index (χ4n) is 2.21. The van der Waals surface area contributed by atoms with Crippen LogP contribution >= 0.6 is 0 Å². The van der Waals surface area contributed by atoms with Crippen LogP contribution in [0.1, 0.15) is 43.5 Å². The Bertz CT molecular complexity index is 626. The summed E-state index contributed by atoms with van der Waals surface area (Å²) in [7, 11) is 0. The summed E-state index contributed by atoms with van der Waals surface area (Å²) < 4.78 is 5.68. The Labute approximate surface area is 130 Å². The second-order valence-electron chi connectivity index (χ2n) is 5.61. The second-order valence-corrected chi connectivity index (χ2v) is 5.61. The van der Waals surface area contributed by atoms with Crippen LogP contribution in [0.4, 0.5) is 11.5 Å². The quantitative estimate of drug-likeness (QED) is 0.820. The highest BCUT2D eigenvalue weighted by atomic mass is 16.5. The maximum Gasteiger partial charge on any atom is 0.242 e. The molecule has 1 fully saturated rings. The van der Waals surface area contributed by atoms with Crippen LogP contribution in [0.15, 0.2) is 30.3 Å². The lowest BCUT2D eigenvalue weighted by Crippen LogP contribution is -2.11. The second kappa shape index (κ2) is 6.64. The molecule has 3 N–H and O–H groups in total. The lowest BCUT2D eigenvalue weighted by molar-refractivity contribution is 0.305. The van der Waals surface area contributed by atoms with Crippen molar-refractivity contribution in [1.29, 1.82) is 0 Å². The minimum Gasteiger partial charge on any atom is -0.476 e. The third kappa shape index (κ3) is 3.47. The molecule has 1 aromatic heterocycles. The number of nitrogens with one attached hydrogen (secondary N) is 1. The summed E-state index contributed by atoms with van der Waals surface area (Å²) in [6, 6.07) is 10.2. The Hall–Kier alpha value is -2.30. The predicted octanol–water partition coefficient (Wildman–Crippen LogP) is 3.34. The third-order valence-corrected chi connectivity index (χ3v) is 3.62. The molecular formula is C17H22N4O. The lowest BCUT2D eigenvalue weighted by Gasteiger charge is -2.14. The first-order valence-electron chi connectivity index (χ1n) is 7.86. The molecule has 0 spiro atoms. The van der Waals surface area contributed by atoms with Crippen LogP contribution in [-0.4, -0.2) is 16.6 Å². The molecule has 1 aliphatic carbocycles. The van der Waals surface area contributed by atoms with Gasteiger partial charge in [0.05, 0.1) is 6.61 Å². The summed E-state index contributed by atoms with van der Waals surface area (Å²) in [5, 5.41) is 3.31. The molecule has 1 heterocycles. The Kier molecular flexibility index (Phi) is 4.42. The van der Waals surface area contributed by atoms with Gasteiger partial charge in [0.2, 0.25) is 5.88 Å². The van der Waals surface area contributed by atoms with Gasteiger partial charge < -0.3 is 15.8 Å². The van der Waals surface area contributed by atoms with Crippen molar-refractivity contribution in [2.75, 3.05) is 17.7 Å². The molecule has 0 atom stereocenters. The zero-order chi connectivity index (χ0) is 15.4. The first-order valence-corrected chi connectivity index (χ1v) is 7.86. The molecule has 0 amide bonds. The van der Waals surface area contributed by atoms with Crippen LogP contribution in [0.5, 0.6) is 5.88 Å². The van der Waals surface area contributed by atoms with Crippen molar-refractivity contribution in [2.45, 2.75) is 38.6 Å². The van der Waals surface area contributed by atoms with Crippen LogP contribution < -0.4 is 15.8 Å². The summed E-state index contributed by atoms with van der Waals surface area (Å²) in [4.78, 5) is 9.08. The Balaban J connectivity index is 1.80. The number of nitrogens with zero attached hydrogens (tertiary/aromatic N) is 2. The largest absolute Gasteiger partial charge is 0.476 e. The molecule has 2 aromatic rings. The summed E-state index contributed by atoms with van der Waals surface area (Å²) in [6.45, 7) is 3.36. The molecule has 0 aliphatic heterocycles. The van der Waals surface area contributed by atoms with E-state index >= 15 is 0 Å². The van der Waals surface area contributed by atoms with E-state index in [2.05, 4.69) is 34.3 Å². The van der Waals surface area contributed by atoms with Gasteiger partial charge in [-0.1, -0.05) is 37.3 Å². The van der Waals surface area contributed by atoms with Crippen molar-refractivity contribution >= 4 is 11.5 Å². The molecular weight excluding hydrogens is 276 g/mol. The lowest BCUT2D eigenvalue weighted by atomic mass is 10.2. The van der Waals surface area contributed by atoms with Crippen molar-refractivity contribution in [3.8, 4) is 5.88 Å². The molecule has 0 unspecified atom stereocenters. The van der Waals surface area contributed by atoms with E-state index in [-0.39, 0.29) is 0 Å². The summed E-state index contributed by atoms with van der Waals surface area (Å²) in [5.41, 5.74) is 7.84. The van der Waals surface area contributed by atoms with Crippen LogP contribution in [0.2, 0.25) is 0 Å². The van der Waals surface area contributed by atoms with Crippen LogP contribution in [0.25, 0.3) is 0 Å². The highest BCUT2D eigenvalue weighted by molar-refractivity contribution is 5.67. The zero-order valence-corrected chi connectivity index (χ0v) is 12.9. The van der Waals surface area contributed by atoms with Gasteiger partial charge in [0.1, 0.15) is 11.5 Å². The molecule has 0 radical (unpaired) electrons. The topological polar surface area (TPSA) is 73.1 Å². The van der Waals surface area contributed by atoms with E-state index in [0.29, 0.717) is 36.5 Å². The average molecular weight is 298 g/mol. The van der Waals surface area contributed by atoms with E-state index in [4.69, 9.17) is 10.5 Å². The summed E-state index contributed by atoms with van der Waals surface area (Å²) in [5.74, 6) is 2.49. The minimum atomic E-state index is 0.460. The zero-order valence-electron chi connectivity index (χ0n) is 12.9. The Morgan fingerprint density at radius 3 is 2.68 bits per heavy atom. The fourth-order valence-corrected chi connectivity index (χ4v) is 2.21. The minimum absolute atomic E-state index is 0.460. The number of ether oxygens (including phenoxy) is 1. The number of aromatic nitrogens is 2. The van der Waals surface area contributed by atoms with E-state index in [1.807, 2.05) is 18.2 Å². The molecule has 5 heteroatoms.